The quantitative estimate of drug-likeness (QED) is 0.331. The molecule has 2 heterocycles. The minimum absolute atomic E-state index is 0.112. The molecule has 4 N–H and O–H groups in total. The van der Waals surface area contributed by atoms with Crippen LogP contribution in [0.1, 0.15) is 24.9 Å². The van der Waals surface area contributed by atoms with Crippen molar-refractivity contribution in [3.05, 3.63) is 63.3 Å². The molecule has 0 aliphatic heterocycles. The van der Waals surface area contributed by atoms with E-state index in [1.807, 2.05) is 49.4 Å². The number of carbonyl (C=O) groups is 1. The third kappa shape index (κ3) is 4.43. The Morgan fingerprint density at radius 3 is 2.68 bits per heavy atom. The van der Waals surface area contributed by atoms with Gasteiger partial charge in [-0.25, -0.2) is 4.79 Å². The van der Waals surface area contributed by atoms with Crippen molar-refractivity contribution in [3.63, 3.8) is 0 Å². The second-order valence-corrected chi connectivity index (χ2v) is 7.54. The highest BCUT2D eigenvalue weighted by Gasteiger charge is 2.14. The zero-order chi connectivity index (χ0) is 22.0. The molecule has 0 aliphatic rings. The molecule has 1 amide bonds. The van der Waals surface area contributed by atoms with Gasteiger partial charge < -0.3 is 20.0 Å². The summed E-state index contributed by atoms with van der Waals surface area (Å²) in [6.07, 6.45) is 0.241. The van der Waals surface area contributed by atoms with E-state index in [1.54, 1.807) is 11.7 Å². The lowest BCUT2D eigenvalue weighted by Crippen LogP contribution is -2.27. The smallest absolute Gasteiger partial charge is 0.323 e. The average molecular weight is 439 g/mol. The Bertz CT molecular complexity index is 1330. The van der Waals surface area contributed by atoms with Crippen molar-refractivity contribution in [3.8, 4) is 17.1 Å². The molecule has 31 heavy (non-hydrogen) atoms. The highest BCUT2D eigenvalue weighted by molar-refractivity contribution is 7.71. The van der Waals surface area contributed by atoms with Crippen LogP contribution >= 0.6 is 12.2 Å². The monoisotopic (exact) mass is 438 g/mol. The Morgan fingerprint density at radius 1 is 1.19 bits per heavy atom. The molecule has 4 aromatic rings. The van der Waals surface area contributed by atoms with Crippen LogP contribution in [0.5, 0.6) is 5.75 Å². The topological polar surface area (TPSA) is 121 Å². The first-order chi connectivity index (χ1) is 14.9. The fourth-order valence-electron chi connectivity index (χ4n) is 3.42. The number of carbonyl (C=O) groups excluding carboxylic acids is 1. The molecule has 160 valence electrons. The van der Waals surface area contributed by atoms with E-state index in [0.717, 1.165) is 22.4 Å². The molecule has 0 saturated carbocycles. The van der Waals surface area contributed by atoms with Crippen LogP contribution in [0.15, 0.2) is 47.3 Å². The summed E-state index contributed by atoms with van der Waals surface area (Å²) < 4.78 is 7.45. The molecule has 1 atom stereocenters. The standard InChI is InChI=1S/C21H22N6O3S/c1-12(14-5-8-16-17(11-14)24-20(29)23-16)22-18(28)9-10-27-19(25-26-21(27)31)13-3-6-15(30-2)7-4-13/h3-8,11-12H,9-10H2,1-2H3,(H,22,28)(H,26,31)(H2,23,24,29). The van der Waals surface area contributed by atoms with Gasteiger partial charge in [0.1, 0.15) is 5.75 Å². The van der Waals surface area contributed by atoms with Crippen molar-refractivity contribution in [2.24, 2.45) is 0 Å². The van der Waals surface area contributed by atoms with Crippen molar-refractivity contribution >= 4 is 29.2 Å². The minimum atomic E-state index is -0.256. The Morgan fingerprint density at radius 2 is 1.94 bits per heavy atom. The van der Waals surface area contributed by atoms with E-state index >= 15 is 0 Å². The lowest BCUT2D eigenvalue weighted by molar-refractivity contribution is -0.121. The molecular weight excluding hydrogens is 416 g/mol. The van der Waals surface area contributed by atoms with Crippen molar-refractivity contribution < 1.29 is 9.53 Å². The van der Waals surface area contributed by atoms with E-state index in [-0.39, 0.29) is 24.1 Å². The van der Waals surface area contributed by atoms with Gasteiger partial charge in [-0.3, -0.25) is 14.5 Å². The molecular formula is C21H22N6O3S. The third-order valence-electron chi connectivity index (χ3n) is 5.09. The number of hydrogen-bond acceptors (Lipinski definition) is 5. The Balaban J connectivity index is 1.43. The van der Waals surface area contributed by atoms with Gasteiger partial charge in [-0.2, -0.15) is 5.10 Å². The van der Waals surface area contributed by atoms with Gasteiger partial charge in [-0.15, -0.1) is 0 Å². The highest BCUT2D eigenvalue weighted by Crippen LogP contribution is 2.21. The molecule has 0 radical (unpaired) electrons. The molecule has 2 aromatic heterocycles. The van der Waals surface area contributed by atoms with E-state index in [1.165, 1.54) is 0 Å². The van der Waals surface area contributed by atoms with Gasteiger partial charge in [0.25, 0.3) is 0 Å². The SMILES string of the molecule is COc1ccc(-c2n[nH]c(=S)n2CCC(=O)NC(C)c2ccc3[nH]c(=O)[nH]c3c2)cc1. The van der Waals surface area contributed by atoms with Gasteiger partial charge in [0.05, 0.1) is 24.2 Å². The summed E-state index contributed by atoms with van der Waals surface area (Å²) in [5.74, 6) is 1.30. The number of aromatic amines is 3. The van der Waals surface area contributed by atoms with Crippen LogP contribution in [0.2, 0.25) is 0 Å². The number of aromatic nitrogens is 5. The normalized spacial score (nSPS) is 12.1. The lowest BCUT2D eigenvalue weighted by Gasteiger charge is -2.15. The molecule has 1 unspecified atom stereocenters. The fraction of sp³-hybridized carbons (Fsp3) is 0.238. The van der Waals surface area contributed by atoms with Gasteiger partial charge in [0.2, 0.25) is 5.91 Å². The molecule has 0 bridgehead atoms. The maximum absolute atomic E-state index is 12.6. The van der Waals surface area contributed by atoms with E-state index in [2.05, 4.69) is 25.5 Å². The van der Waals surface area contributed by atoms with E-state index < -0.39 is 0 Å². The van der Waals surface area contributed by atoms with E-state index in [0.29, 0.717) is 22.7 Å². The predicted molar refractivity (Wildman–Crippen MR) is 119 cm³/mol. The summed E-state index contributed by atoms with van der Waals surface area (Å²) in [4.78, 5) is 29.4. The summed E-state index contributed by atoms with van der Waals surface area (Å²) in [7, 11) is 1.61. The van der Waals surface area contributed by atoms with Crippen LogP contribution < -0.4 is 15.7 Å². The van der Waals surface area contributed by atoms with Crippen LogP contribution in [-0.4, -0.2) is 37.7 Å². The predicted octanol–water partition coefficient (Wildman–Crippen LogP) is 3.05. The van der Waals surface area contributed by atoms with Crippen LogP contribution in [0, 0.1) is 4.77 Å². The maximum atomic E-state index is 12.6. The van der Waals surface area contributed by atoms with E-state index in [9.17, 15) is 9.59 Å². The summed E-state index contributed by atoms with van der Waals surface area (Å²) in [5.41, 5.74) is 2.95. The molecule has 0 fully saturated rings. The summed E-state index contributed by atoms with van der Waals surface area (Å²) in [6.45, 7) is 2.29. The lowest BCUT2D eigenvalue weighted by atomic mass is 10.1. The number of rotatable bonds is 7. The molecule has 0 aliphatic carbocycles. The number of fused-ring (bicyclic) bond motifs is 1. The van der Waals surface area contributed by atoms with Gasteiger partial charge in [0, 0.05) is 18.5 Å². The van der Waals surface area contributed by atoms with Crippen LogP contribution in [0.3, 0.4) is 0 Å². The first kappa shape index (κ1) is 20.6. The number of imidazole rings is 1. The number of methoxy groups -OCH3 is 1. The number of benzene rings is 2. The number of nitrogens with zero attached hydrogens (tertiary/aromatic N) is 2. The van der Waals surface area contributed by atoms with Gasteiger partial charge in [-0.05, 0) is 61.1 Å². The van der Waals surface area contributed by atoms with Crippen molar-refractivity contribution in [2.75, 3.05) is 7.11 Å². The highest BCUT2D eigenvalue weighted by atomic mass is 32.1. The minimum Gasteiger partial charge on any atom is -0.497 e. The van der Waals surface area contributed by atoms with Crippen LogP contribution in [0.25, 0.3) is 22.4 Å². The summed E-state index contributed by atoms with van der Waals surface area (Å²) in [6, 6.07) is 12.8. The molecule has 4 rings (SSSR count). The van der Waals surface area contributed by atoms with Crippen molar-refractivity contribution in [1.29, 1.82) is 0 Å². The summed E-state index contributed by atoms with van der Waals surface area (Å²) >= 11 is 5.34. The molecule has 9 nitrogen and oxygen atoms in total. The Hall–Kier alpha value is -3.66. The molecule has 2 aromatic carbocycles. The maximum Gasteiger partial charge on any atom is 0.323 e. The Labute approximate surface area is 182 Å². The van der Waals surface area contributed by atoms with Crippen LogP contribution in [-0.2, 0) is 11.3 Å². The van der Waals surface area contributed by atoms with Gasteiger partial charge in [-0.1, -0.05) is 6.07 Å². The van der Waals surface area contributed by atoms with E-state index in [4.69, 9.17) is 17.0 Å². The first-order valence-corrected chi connectivity index (χ1v) is 10.2. The molecule has 0 saturated heterocycles. The number of ether oxygens (including phenoxy) is 1. The number of H-pyrrole nitrogens is 3. The first-order valence-electron chi connectivity index (χ1n) is 9.75. The molecule has 10 heteroatoms. The van der Waals surface area contributed by atoms with Gasteiger partial charge in [0.15, 0.2) is 10.6 Å². The third-order valence-corrected chi connectivity index (χ3v) is 5.40. The molecule has 0 spiro atoms. The zero-order valence-electron chi connectivity index (χ0n) is 17.1. The number of nitrogens with one attached hydrogen (secondary N) is 4. The average Bonchev–Trinajstić information content (AvgIpc) is 3.32. The largest absolute Gasteiger partial charge is 0.497 e. The number of hydrogen-bond donors (Lipinski definition) is 4. The summed E-state index contributed by atoms with van der Waals surface area (Å²) in [5, 5.41) is 10.1. The van der Waals surface area contributed by atoms with Gasteiger partial charge >= 0.3 is 5.69 Å². The second-order valence-electron chi connectivity index (χ2n) is 7.16. The van der Waals surface area contributed by atoms with Crippen molar-refractivity contribution in [2.45, 2.75) is 25.9 Å². The Kier molecular flexibility index (Phi) is 5.72. The second kappa shape index (κ2) is 8.60. The fourth-order valence-corrected chi connectivity index (χ4v) is 3.64. The van der Waals surface area contributed by atoms with Crippen molar-refractivity contribution in [1.82, 2.24) is 30.0 Å². The number of amides is 1. The zero-order valence-corrected chi connectivity index (χ0v) is 17.9. The van der Waals surface area contributed by atoms with Crippen LogP contribution in [0.4, 0.5) is 0 Å².